The summed E-state index contributed by atoms with van der Waals surface area (Å²) in [4.78, 5) is 7.75. The molecule has 5 nitrogen and oxygen atoms in total. The predicted octanol–water partition coefficient (Wildman–Crippen LogP) is 4.40. The second-order valence-electron chi connectivity index (χ2n) is 5.47. The van der Waals surface area contributed by atoms with Crippen molar-refractivity contribution >= 4 is 57.2 Å². The van der Waals surface area contributed by atoms with Crippen LogP contribution in [0.15, 0.2) is 39.1 Å². The number of hydrogen-bond acceptors (Lipinski definition) is 4. The van der Waals surface area contributed by atoms with Crippen LogP contribution in [-0.2, 0) is 13.0 Å². The minimum atomic E-state index is 0. The van der Waals surface area contributed by atoms with Gasteiger partial charge in [-0.25, -0.2) is 0 Å². The highest BCUT2D eigenvalue weighted by atomic mass is 127. The number of methoxy groups -OCH3 is 2. The van der Waals surface area contributed by atoms with Gasteiger partial charge >= 0.3 is 0 Å². The molecule has 26 heavy (non-hydrogen) atoms. The number of nitrogens with one attached hydrogen (secondary N) is 1. The molecule has 0 fully saturated rings. The van der Waals surface area contributed by atoms with Gasteiger partial charge in [-0.15, -0.1) is 35.3 Å². The summed E-state index contributed by atoms with van der Waals surface area (Å²) in [7, 11) is 7.15. The van der Waals surface area contributed by atoms with E-state index in [4.69, 9.17) is 9.47 Å². The Hall–Kier alpha value is -1.00. The molecule has 0 unspecified atom stereocenters. The van der Waals surface area contributed by atoms with Crippen LogP contribution in [0.2, 0.25) is 0 Å². The molecule has 2 rings (SSSR count). The van der Waals surface area contributed by atoms with Crippen LogP contribution in [-0.4, -0.2) is 45.7 Å². The first kappa shape index (κ1) is 23.0. The van der Waals surface area contributed by atoms with Crippen molar-refractivity contribution in [2.45, 2.75) is 13.0 Å². The maximum absolute atomic E-state index is 5.36. The highest BCUT2D eigenvalue weighted by Gasteiger charge is 2.09. The van der Waals surface area contributed by atoms with Gasteiger partial charge in [-0.1, -0.05) is 6.07 Å². The maximum Gasteiger partial charge on any atom is 0.193 e. The van der Waals surface area contributed by atoms with Crippen molar-refractivity contribution in [2.24, 2.45) is 4.99 Å². The molecule has 1 aromatic heterocycles. The smallest absolute Gasteiger partial charge is 0.193 e. The van der Waals surface area contributed by atoms with Crippen LogP contribution in [0.3, 0.4) is 0 Å². The van der Waals surface area contributed by atoms with Gasteiger partial charge in [0.2, 0.25) is 0 Å². The SMILES string of the molecule is CN=C(NCc1ccc(Br)s1)N(C)CCc1ccc(OC)c(OC)c1.I. The molecule has 0 bridgehead atoms. The Bertz CT molecular complexity index is 724. The molecule has 144 valence electrons. The number of benzene rings is 1. The Kier molecular flexibility index (Phi) is 10.3. The second kappa shape index (κ2) is 11.7. The summed E-state index contributed by atoms with van der Waals surface area (Å²) in [5.74, 6) is 2.39. The zero-order chi connectivity index (χ0) is 18.2. The molecule has 0 saturated carbocycles. The van der Waals surface area contributed by atoms with Crippen molar-refractivity contribution in [3.8, 4) is 11.5 Å². The molecule has 1 N–H and O–H groups in total. The van der Waals surface area contributed by atoms with E-state index in [0.29, 0.717) is 0 Å². The lowest BCUT2D eigenvalue weighted by molar-refractivity contribution is 0.354. The third-order valence-corrected chi connectivity index (χ3v) is 5.43. The Labute approximate surface area is 184 Å². The third-order valence-electron chi connectivity index (χ3n) is 3.81. The quantitative estimate of drug-likeness (QED) is 0.314. The summed E-state index contributed by atoms with van der Waals surface area (Å²) in [6.07, 6.45) is 0.891. The van der Waals surface area contributed by atoms with Crippen LogP contribution in [0, 0.1) is 0 Å². The molecule has 0 amide bonds. The van der Waals surface area contributed by atoms with Gasteiger partial charge in [0.05, 0.1) is 24.6 Å². The molecule has 0 aliphatic carbocycles. The highest BCUT2D eigenvalue weighted by Crippen LogP contribution is 2.27. The number of ether oxygens (including phenoxy) is 2. The van der Waals surface area contributed by atoms with Crippen LogP contribution < -0.4 is 14.8 Å². The molecule has 0 spiro atoms. The summed E-state index contributed by atoms with van der Waals surface area (Å²) >= 11 is 5.21. The lowest BCUT2D eigenvalue weighted by Crippen LogP contribution is -2.39. The predicted molar refractivity (Wildman–Crippen MR) is 124 cm³/mol. The zero-order valence-electron chi connectivity index (χ0n) is 15.4. The van der Waals surface area contributed by atoms with Gasteiger partial charge in [-0.05, 0) is 52.2 Å². The normalized spacial score (nSPS) is 10.9. The van der Waals surface area contributed by atoms with Crippen molar-refractivity contribution in [2.75, 3.05) is 34.9 Å². The minimum absolute atomic E-state index is 0. The molecule has 2 aromatic rings. The van der Waals surface area contributed by atoms with Crippen LogP contribution in [0.1, 0.15) is 10.4 Å². The Morgan fingerprint density at radius 3 is 2.50 bits per heavy atom. The van der Waals surface area contributed by atoms with E-state index in [9.17, 15) is 0 Å². The molecule has 0 aliphatic heterocycles. The minimum Gasteiger partial charge on any atom is -0.493 e. The van der Waals surface area contributed by atoms with Crippen molar-refractivity contribution in [1.82, 2.24) is 10.2 Å². The van der Waals surface area contributed by atoms with Crippen LogP contribution >= 0.6 is 51.2 Å². The van der Waals surface area contributed by atoms with Gasteiger partial charge < -0.3 is 19.7 Å². The van der Waals surface area contributed by atoms with Gasteiger partial charge in [0.1, 0.15) is 0 Å². The van der Waals surface area contributed by atoms with E-state index in [2.05, 4.69) is 49.3 Å². The van der Waals surface area contributed by atoms with Gasteiger partial charge in [-0.3, -0.25) is 4.99 Å². The Morgan fingerprint density at radius 2 is 1.92 bits per heavy atom. The van der Waals surface area contributed by atoms with E-state index >= 15 is 0 Å². The molecule has 0 aliphatic rings. The molecule has 8 heteroatoms. The van der Waals surface area contributed by atoms with Crippen molar-refractivity contribution in [3.05, 3.63) is 44.6 Å². The summed E-state index contributed by atoms with van der Waals surface area (Å²) < 4.78 is 11.8. The fraction of sp³-hybridized carbons (Fsp3) is 0.389. The zero-order valence-corrected chi connectivity index (χ0v) is 20.1. The van der Waals surface area contributed by atoms with E-state index in [0.717, 1.165) is 40.8 Å². The van der Waals surface area contributed by atoms with Gasteiger partial charge in [0, 0.05) is 25.5 Å². The number of aliphatic imine (C=N–C) groups is 1. The van der Waals surface area contributed by atoms with Gasteiger partial charge in [0.15, 0.2) is 17.5 Å². The number of guanidine groups is 1. The first-order valence-electron chi connectivity index (χ1n) is 7.94. The number of halogens is 2. The van der Waals surface area contributed by atoms with Crippen LogP contribution in [0.25, 0.3) is 0 Å². The first-order chi connectivity index (χ1) is 12.1. The number of nitrogens with zero attached hydrogens (tertiary/aromatic N) is 2. The van der Waals surface area contributed by atoms with E-state index in [1.165, 1.54) is 10.4 Å². The van der Waals surface area contributed by atoms with E-state index in [1.807, 2.05) is 19.2 Å². The van der Waals surface area contributed by atoms with Crippen molar-refractivity contribution in [1.29, 1.82) is 0 Å². The number of rotatable bonds is 7. The third kappa shape index (κ3) is 6.62. The fourth-order valence-corrected chi connectivity index (χ4v) is 3.86. The number of likely N-dealkylation sites (N-methyl/N-ethyl adjacent to an activating group) is 1. The van der Waals surface area contributed by atoms with E-state index < -0.39 is 0 Å². The highest BCUT2D eigenvalue weighted by molar-refractivity contribution is 14.0. The fourth-order valence-electron chi connectivity index (χ4n) is 2.44. The Balaban J connectivity index is 0.00000338. The maximum atomic E-state index is 5.36. The standard InChI is InChI=1S/C18H24BrN3O2S.HI/c1-20-18(21-12-14-6-8-17(19)25-14)22(2)10-9-13-5-7-15(23-3)16(11-13)24-4;/h5-8,11H,9-10,12H2,1-4H3,(H,20,21);1H. The molecule has 1 aromatic carbocycles. The van der Waals surface area contributed by atoms with Crippen LogP contribution in [0.4, 0.5) is 0 Å². The number of hydrogen-bond donors (Lipinski definition) is 1. The summed E-state index contributed by atoms with van der Waals surface area (Å²) in [6, 6.07) is 10.2. The average molecular weight is 554 g/mol. The molecule has 1 heterocycles. The summed E-state index contributed by atoms with van der Waals surface area (Å²) in [5.41, 5.74) is 1.20. The topological polar surface area (TPSA) is 46.1 Å². The lowest BCUT2D eigenvalue weighted by Gasteiger charge is -2.22. The van der Waals surface area contributed by atoms with Crippen LogP contribution in [0.5, 0.6) is 11.5 Å². The second-order valence-corrected chi connectivity index (χ2v) is 8.02. The largest absolute Gasteiger partial charge is 0.493 e. The van der Waals surface area contributed by atoms with Crippen molar-refractivity contribution < 1.29 is 9.47 Å². The van der Waals surface area contributed by atoms with Gasteiger partial charge in [-0.2, -0.15) is 0 Å². The van der Waals surface area contributed by atoms with E-state index in [1.54, 1.807) is 32.6 Å². The average Bonchev–Trinajstić information content (AvgIpc) is 3.05. The van der Waals surface area contributed by atoms with Crippen molar-refractivity contribution in [3.63, 3.8) is 0 Å². The molecule has 0 radical (unpaired) electrons. The number of thiophene rings is 1. The molecule has 0 saturated heterocycles. The summed E-state index contributed by atoms with van der Waals surface area (Å²) in [5, 5.41) is 3.40. The molecule has 0 atom stereocenters. The summed E-state index contributed by atoms with van der Waals surface area (Å²) in [6.45, 7) is 1.62. The monoisotopic (exact) mass is 553 g/mol. The first-order valence-corrected chi connectivity index (χ1v) is 9.55. The lowest BCUT2D eigenvalue weighted by atomic mass is 10.1. The van der Waals surface area contributed by atoms with Gasteiger partial charge in [0.25, 0.3) is 0 Å². The Morgan fingerprint density at radius 1 is 1.19 bits per heavy atom. The van der Waals surface area contributed by atoms with E-state index in [-0.39, 0.29) is 24.0 Å². The molecular weight excluding hydrogens is 529 g/mol. The molecular formula is C18H25BrIN3O2S.